The van der Waals surface area contributed by atoms with Crippen LogP contribution < -0.4 is 0 Å². The van der Waals surface area contributed by atoms with Crippen molar-refractivity contribution >= 4 is 7.85 Å². The predicted octanol–water partition coefficient (Wildman–Crippen LogP) is -0.111. The monoisotopic (exact) mass is 171 g/mol. The van der Waals surface area contributed by atoms with Crippen molar-refractivity contribution in [3.8, 4) is 0 Å². The molecule has 4 atom stereocenters. The van der Waals surface area contributed by atoms with Gasteiger partial charge >= 0.3 is 0 Å². The number of rotatable bonds is 2. The molecule has 1 saturated heterocycles. The van der Waals surface area contributed by atoms with E-state index in [0.29, 0.717) is 0 Å². The largest absolute Gasteiger partial charge is 0.387 e. The first kappa shape index (κ1) is 9.31. The average molecular weight is 171 g/mol. The Labute approximate surface area is 69.6 Å². The minimum atomic E-state index is -1.61. The third-order valence-corrected chi connectivity index (χ3v) is 1.68. The van der Waals surface area contributed by atoms with Crippen molar-refractivity contribution in [2.75, 3.05) is 6.54 Å². The topological polar surface area (TPSA) is 78.2 Å². The van der Waals surface area contributed by atoms with Crippen LogP contribution in [-0.4, -0.2) is 43.9 Å². The van der Waals surface area contributed by atoms with Crippen LogP contribution in [0.25, 0.3) is 10.4 Å². The summed E-state index contributed by atoms with van der Waals surface area (Å²) in [5.41, 5.74) is 7.94. The lowest BCUT2D eigenvalue weighted by Crippen LogP contribution is -2.30. The summed E-state index contributed by atoms with van der Waals surface area (Å²) >= 11 is 0. The van der Waals surface area contributed by atoms with E-state index in [0.717, 1.165) is 0 Å². The first-order chi connectivity index (χ1) is 5.66. The third-order valence-electron chi connectivity index (χ3n) is 1.68. The van der Waals surface area contributed by atoms with Crippen LogP contribution in [0, 0.1) is 0 Å². The number of hydrogen-bond acceptors (Lipinski definition) is 3. The maximum absolute atomic E-state index is 12.8. The van der Waals surface area contributed by atoms with E-state index in [4.69, 9.17) is 23.2 Å². The summed E-state index contributed by atoms with van der Waals surface area (Å²) in [6.45, 7) is -0.105. The zero-order valence-electron chi connectivity index (χ0n) is 6.17. The van der Waals surface area contributed by atoms with Crippen LogP contribution >= 0.6 is 0 Å². The van der Waals surface area contributed by atoms with Gasteiger partial charge in [-0.1, -0.05) is 5.11 Å². The number of halogens is 1. The van der Waals surface area contributed by atoms with Gasteiger partial charge in [0.1, 0.15) is 20.1 Å². The van der Waals surface area contributed by atoms with Crippen LogP contribution in [0.1, 0.15) is 0 Å². The number of alkyl halides is 1. The van der Waals surface area contributed by atoms with Crippen molar-refractivity contribution in [3.63, 3.8) is 0 Å². The Morgan fingerprint density at radius 1 is 1.75 bits per heavy atom. The Morgan fingerprint density at radius 3 is 2.83 bits per heavy atom. The maximum Gasteiger partial charge on any atom is 0.146 e. The van der Waals surface area contributed by atoms with Crippen molar-refractivity contribution < 1.29 is 14.2 Å². The Kier molecular flexibility index (Phi) is 2.91. The van der Waals surface area contributed by atoms with Crippen LogP contribution in [0.2, 0.25) is 0 Å². The second-order valence-electron chi connectivity index (χ2n) is 2.49. The molecule has 0 aromatic rings. The highest BCUT2D eigenvalue weighted by Gasteiger charge is 2.40. The molecule has 2 unspecified atom stereocenters. The lowest BCUT2D eigenvalue weighted by Gasteiger charge is -2.09. The van der Waals surface area contributed by atoms with Crippen molar-refractivity contribution in [2.45, 2.75) is 24.4 Å². The van der Waals surface area contributed by atoms with E-state index in [1.165, 1.54) is 0 Å². The molecular formula is C5H7BFN3O2. The normalized spacial score (nSPS) is 40.8. The van der Waals surface area contributed by atoms with Gasteiger partial charge in [-0.2, -0.15) is 0 Å². The molecule has 64 valence electrons. The first-order valence-corrected chi connectivity index (χ1v) is 3.41. The van der Waals surface area contributed by atoms with Crippen molar-refractivity contribution in [1.82, 2.24) is 0 Å². The number of azide groups is 1. The van der Waals surface area contributed by atoms with Gasteiger partial charge in [-0.05, 0) is 5.53 Å². The van der Waals surface area contributed by atoms with E-state index in [1.54, 1.807) is 0 Å². The van der Waals surface area contributed by atoms with Crippen molar-refractivity contribution in [2.24, 2.45) is 5.11 Å². The summed E-state index contributed by atoms with van der Waals surface area (Å²) in [7, 11) is 5.14. The van der Waals surface area contributed by atoms with E-state index >= 15 is 0 Å². The van der Waals surface area contributed by atoms with Gasteiger partial charge in [-0.3, -0.25) is 0 Å². The number of nitrogens with zero attached hydrogens (tertiary/aromatic N) is 3. The highest BCUT2D eigenvalue weighted by Crippen LogP contribution is 2.22. The SMILES string of the molecule is [B][C@@H]1O[C@H](CN=[N+]=[N-])C(O)C1F. The Hall–Kier alpha value is -0.775. The van der Waals surface area contributed by atoms with E-state index < -0.39 is 24.4 Å². The first-order valence-electron chi connectivity index (χ1n) is 3.41. The van der Waals surface area contributed by atoms with Crippen molar-refractivity contribution in [3.05, 3.63) is 10.4 Å². The van der Waals surface area contributed by atoms with Gasteiger partial charge in [-0.25, -0.2) is 4.39 Å². The molecule has 0 aromatic carbocycles. The molecule has 0 saturated carbocycles. The standard InChI is InChI=1S/C5H7BFN3O2/c6-5-3(7)4(11)2(12-5)1-9-10-8/h2-5,11H,1H2/t2-,3?,4?,5-/m1/s1. The number of aliphatic hydroxyl groups excluding tert-OH is 1. The van der Waals surface area contributed by atoms with Gasteiger partial charge in [0.25, 0.3) is 0 Å². The van der Waals surface area contributed by atoms with E-state index in [-0.39, 0.29) is 6.54 Å². The van der Waals surface area contributed by atoms with Crippen LogP contribution in [0.5, 0.6) is 0 Å². The van der Waals surface area contributed by atoms with E-state index in [9.17, 15) is 4.39 Å². The summed E-state index contributed by atoms with van der Waals surface area (Å²) in [4.78, 5) is 2.45. The summed E-state index contributed by atoms with van der Waals surface area (Å²) in [5, 5.41) is 12.2. The van der Waals surface area contributed by atoms with Crippen molar-refractivity contribution in [1.29, 1.82) is 0 Å². The lowest BCUT2D eigenvalue weighted by atomic mass is 9.94. The number of hydrogen-bond donors (Lipinski definition) is 1. The molecule has 1 heterocycles. The molecule has 2 radical (unpaired) electrons. The Bertz CT molecular complexity index is 211. The van der Waals surface area contributed by atoms with Crippen LogP contribution in [0.4, 0.5) is 4.39 Å². The fraction of sp³-hybridized carbons (Fsp3) is 1.00. The predicted molar refractivity (Wildman–Crippen MR) is 39.3 cm³/mol. The number of ether oxygens (including phenoxy) is 1. The van der Waals surface area contributed by atoms with Gasteiger partial charge in [0.15, 0.2) is 0 Å². The van der Waals surface area contributed by atoms with Gasteiger partial charge in [0.05, 0.1) is 18.7 Å². The molecule has 0 aliphatic carbocycles. The molecule has 1 aliphatic heterocycles. The van der Waals surface area contributed by atoms with E-state index in [1.807, 2.05) is 0 Å². The number of aliphatic hydroxyl groups is 1. The molecular weight excluding hydrogens is 164 g/mol. The van der Waals surface area contributed by atoms with Gasteiger partial charge < -0.3 is 9.84 Å². The average Bonchev–Trinajstić information content (AvgIpc) is 2.30. The fourth-order valence-corrected chi connectivity index (χ4v) is 1.02. The Balaban J connectivity index is 2.52. The van der Waals surface area contributed by atoms with Crippen LogP contribution in [0.15, 0.2) is 5.11 Å². The van der Waals surface area contributed by atoms with E-state index in [2.05, 4.69) is 10.0 Å². The fourth-order valence-electron chi connectivity index (χ4n) is 1.02. The highest BCUT2D eigenvalue weighted by atomic mass is 19.1. The zero-order valence-corrected chi connectivity index (χ0v) is 6.17. The minimum absolute atomic E-state index is 0.105. The molecule has 1 rings (SSSR count). The smallest absolute Gasteiger partial charge is 0.146 e. The second-order valence-corrected chi connectivity index (χ2v) is 2.49. The molecule has 1 aliphatic rings. The van der Waals surface area contributed by atoms with Crippen LogP contribution in [0.3, 0.4) is 0 Å². The highest BCUT2D eigenvalue weighted by molar-refractivity contribution is 6.11. The molecule has 1 N–H and O–H groups in total. The maximum atomic E-state index is 12.8. The second kappa shape index (κ2) is 3.75. The van der Waals surface area contributed by atoms with Gasteiger partial charge in [0, 0.05) is 4.91 Å². The molecule has 5 nitrogen and oxygen atoms in total. The molecule has 12 heavy (non-hydrogen) atoms. The summed E-state index contributed by atoms with van der Waals surface area (Å²) in [6, 6.07) is -1.13. The summed E-state index contributed by atoms with van der Waals surface area (Å²) in [5.74, 6) is 0. The quantitative estimate of drug-likeness (QED) is 0.272. The minimum Gasteiger partial charge on any atom is -0.387 e. The molecule has 0 aromatic heterocycles. The van der Waals surface area contributed by atoms with Gasteiger partial charge in [-0.15, -0.1) is 0 Å². The zero-order chi connectivity index (χ0) is 9.14. The third kappa shape index (κ3) is 1.69. The molecule has 0 amide bonds. The molecule has 0 spiro atoms. The van der Waals surface area contributed by atoms with Crippen LogP contribution in [-0.2, 0) is 4.74 Å². The lowest BCUT2D eigenvalue weighted by molar-refractivity contribution is 0.0365. The molecule has 7 heteroatoms. The summed E-state index contributed by atoms with van der Waals surface area (Å²) < 4.78 is 17.5. The summed E-state index contributed by atoms with van der Waals surface area (Å²) in [6.07, 6.45) is -3.74. The Morgan fingerprint density at radius 2 is 2.42 bits per heavy atom. The van der Waals surface area contributed by atoms with Gasteiger partial charge in [0.2, 0.25) is 0 Å². The molecule has 1 fully saturated rings. The molecule has 0 bridgehead atoms.